The summed E-state index contributed by atoms with van der Waals surface area (Å²) in [5.74, 6) is 0.679. The van der Waals surface area contributed by atoms with Crippen LogP contribution in [-0.2, 0) is 6.54 Å². The first-order chi connectivity index (χ1) is 11.0. The number of aryl methyl sites for hydroxylation is 2. The van der Waals surface area contributed by atoms with Gasteiger partial charge in [-0.05, 0) is 37.6 Å². The molecule has 0 fully saturated rings. The highest BCUT2D eigenvalue weighted by molar-refractivity contribution is 6.30. The van der Waals surface area contributed by atoms with E-state index in [4.69, 9.17) is 16.0 Å². The van der Waals surface area contributed by atoms with Crippen molar-refractivity contribution >= 4 is 23.3 Å². The van der Waals surface area contributed by atoms with E-state index in [-0.39, 0.29) is 5.91 Å². The molecule has 3 rings (SSSR count). The molecule has 0 saturated heterocycles. The molecule has 5 nitrogen and oxygen atoms in total. The molecule has 6 heteroatoms. The van der Waals surface area contributed by atoms with Crippen LogP contribution in [0.5, 0.6) is 0 Å². The molecule has 118 valence electrons. The summed E-state index contributed by atoms with van der Waals surface area (Å²) in [6.07, 6.45) is 3.22. The molecule has 2 aromatic heterocycles. The van der Waals surface area contributed by atoms with E-state index in [9.17, 15) is 4.79 Å². The number of halogens is 1. The normalized spacial score (nSPS) is 10.7. The molecular formula is C17H16ClN3O2. The van der Waals surface area contributed by atoms with Crippen LogP contribution in [0, 0.1) is 13.8 Å². The molecule has 0 aliphatic heterocycles. The number of aromatic nitrogens is 2. The number of benzene rings is 1. The fourth-order valence-corrected chi connectivity index (χ4v) is 2.42. The van der Waals surface area contributed by atoms with Crippen molar-refractivity contribution in [2.45, 2.75) is 20.4 Å². The van der Waals surface area contributed by atoms with Crippen LogP contribution in [0.25, 0.3) is 0 Å². The summed E-state index contributed by atoms with van der Waals surface area (Å²) in [7, 11) is 0. The number of anilines is 1. The van der Waals surface area contributed by atoms with Crippen LogP contribution >= 0.6 is 11.6 Å². The van der Waals surface area contributed by atoms with Crippen LogP contribution in [0.4, 0.5) is 5.82 Å². The van der Waals surface area contributed by atoms with Gasteiger partial charge in [-0.3, -0.25) is 4.79 Å². The fraction of sp³-hybridized carbons (Fsp3) is 0.176. The second-order valence-electron chi connectivity index (χ2n) is 5.35. The Kier molecular flexibility index (Phi) is 4.21. The van der Waals surface area contributed by atoms with E-state index in [0.717, 1.165) is 16.7 Å². The highest BCUT2D eigenvalue weighted by Gasteiger charge is 2.17. The number of carbonyl (C=O) groups is 1. The standard InChI is InChI=1S/C17H16ClN3O2/c1-11-7-8-23-15(11)17(22)20-16-12(2)9-19-21(16)10-13-3-5-14(18)6-4-13/h3-9H,10H2,1-2H3,(H,20,22). The number of hydrogen-bond acceptors (Lipinski definition) is 3. The maximum absolute atomic E-state index is 12.3. The van der Waals surface area contributed by atoms with E-state index in [2.05, 4.69) is 10.4 Å². The lowest BCUT2D eigenvalue weighted by Crippen LogP contribution is -2.17. The van der Waals surface area contributed by atoms with E-state index in [1.165, 1.54) is 6.26 Å². The minimum Gasteiger partial charge on any atom is -0.459 e. The molecule has 0 bridgehead atoms. The number of rotatable bonds is 4. The molecule has 0 unspecified atom stereocenters. The van der Waals surface area contributed by atoms with Crippen molar-refractivity contribution in [3.63, 3.8) is 0 Å². The summed E-state index contributed by atoms with van der Waals surface area (Å²) in [5, 5.41) is 7.89. The molecule has 0 aliphatic carbocycles. The van der Waals surface area contributed by atoms with Crippen LogP contribution in [0.1, 0.15) is 27.2 Å². The summed E-state index contributed by atoms with van der Waals surface area (Å²) in [6, 6.07) is 9.28. The van der Waals surface area contributed by atoms with Gasteiger partial charge in [-0.25, -0.2) is 4.68 Å². The molecular weight excluding hydrogens is 314 g/mol. The first kappa shape index (κ1) is 15.4. The van der Waals surface area contributed by atoms with Gasteiger partial charge in [-0.2, -0.15) is 5.10 Å². The molecule has 0 atom stereocenters. The van der Waals surface area contributed by atoms with Crippen molar-refractivity contribution in [3.8, 4) is 0 Å². The highest BCUT2D eigenvalue weighted by atomic mass is 35.5. The average Bonchev–Trinajstić information content (AvgIpc) is 3.10. The maximum atomic E-state index is 12.3. The molecule has 0 saturated carbocycles. The van der Waals surface area contributed by atoms with E-state index < -0.39 is 0 Å². The Bertz CT molecular complexity index is 834. The summed E-state index contributed by atoms with van der Waals surface area (Å²) in [6.45, 7) is 4.27. The van der Waals surface area contributed by atoms with Crippen molar-refractivity contribution < 1.29 is 9.21 Å². The Balaban J connectivity index is 1.83. The second-order valence-corrected chi connectivity index (χ2v) is 5.78. The number of carbonyl (C=O) groups excluding carboxylic acids is 1. The fourth-order valence-electron chi connectivity index (χ4n) is 2.29. The van der Waals surface area contributed by atoms with E-state index in [1.54, 1.807) is 16.9 Å². The number of nitrogens with one attached hydrogen (secondary N) is 1. The van der Waals surface area contributed by atoms with Gasteiger partial charge in [-0.1, -0.05) is 23.7 Å². The van der Waals surface area contributed by atoms with Gasteiger partial charge in [0, 0.05) is 16.1 Å². The minimum absolute atomic E-state index is 0.284. The molecule has 0 spiro atoms. The van der Waals surface area contributed by atoms with Crippen molar-refractivity contribution in [1.29, 1.82) is 0 Å². The van der Waals surface area contributed by atoms with Crippen molar-refractivity contribution in [2.24, 2.45) is 0 Å². The van der Waals surface area contributed by atoms with E-state index >= 15 is 0 Å². The average molecular weight is 330 g/mol. The van der Waals surface area contributed by atoms with Gasteiger partial charge in [0.25, 0.3) is 5.91 Å². The molecule has 0 aliphatic rings. The largest absolute Gasteiger partial charge is 0.459 e. The third-order valence-corrected chi connectivity index (χ3v) is 3.82. The Hall–Kier alpha value is -2.53. The van der Waals surface area contributed by atoms with E-state index in [1.807, 2.05) is 38.1 Å². The topological polar surface area (TPSA) is 60.1 Å². The van der Waals surface area contributed by atoms with Gasteiger partial charge in [0.2, 0.25) is 0 Å². The minimum atomic E-state index is -0.284. The van der Waals surface area contributed by atoms with Gasteiger partial charge >= 0.3 is 0 Å². The summed E-state index contributed by atoms with van der Waals surface area (Å²) in [4.78, 5) is 12.3. The van der Waals surface area contributed by atoms with Gasteiger partial charge in [0.05, 0.1) is 19.0 Å². The summed E-state index contributed by atoms with van der Waals surface area (Å²) >= 11 is 5.90. The predicted octanol–water partition coefficient (Wildman–Crippen LogP) is 4.05. The van der Waals surface area contributed by atoms with Crippen molar-refractivity contribution in [2.75, 3.05) is 5.32 Å². The lowest BCUT2D eigenvalue weighted by molar-refractivity contribution is 0.0994. The number of furan rings is 1. The van der Waals surface area contributed by atoms with Crippen molar-refractivity contribution in [1.82, 2.24) is 9.78 Å². The van der Waals surface area contributed by atoms with Gasteiger partial charge in [-0.15, -0.1) is 0 Å². The first-order valence-electron chi connectivity index (χ1n) is 7.17. The smallest absolute Gasteiger partial charge is 0.292 e. The number of nitrogens with zero attached hydrogens (tertiary/aromatic N) is 2. The number of amides is 1. The highest BCUT2D eigenvalue weighted by Crippen LogP contribution is 2.19. The Labute approximate surface area is 138 Å². The third-order valence-electron chi connectivity index (χ3n) is 3.57. The van der Waals surface area contributed by atoms with Crippen LogP contribution in [-0.4, -0.2) is 15.7 Å². The first-order valence-corrected chi connectivity index (χ1v) is 7.54. The molecule has 3 aromatic rings. The molecule has 1 N–H and O–H groups in total. The van der Waals surface area contributed by atoms with Crippen LogP contribution in [0.3, 0.4) is 0 Å². The molecule has 23 heavy (non-hydrogen) atoms. The second kappa shape index (κ2) is 6.30. The molecule has 1 aromatic carbocycles. The number of hydrogen-bond donors (Lipinski definition) is 1. The monoisotopic (exact) mass is 329 g/mol. The maximum Gasteiger partial charge on any atom is 0.292 e. The lowest BCUT2D eigenvalue weighted by atomic mass is 10.2. The Morgan fingerprint density at radius 3 is 2.61 bits per heavy atom. The van der Waals surface area contributed by atoms with Crippen LogP contribution in [0.2, 0.25) is 5.02 Å². The Morgan fingerprint density at radius 2 is 1.96 bits per heavy atom. The summed E-state index contributed by atoms with van der Waals surface area (Å²) < 4.78 is 6.97. The SMILES string of the molecule is Cc1ccoc1C(=O)Nc1c(C)cnn1Cc1ccc(Cl)cc1. The van der Waals surface area contributed by atoms with Crippen LogP contribution in [0.15, 0.2) is 47.2 Å². The van der Waals surface area contributed by atoms with Gasteiger partial charge in [0.1, 0.15) is 5.82 Å². The zero-order valence-corrected chi connectivity index (χ0v) is 13.6. The molecule has 2 heterocycles. The van der Waals surface area contributed by atoms with Crippen molar-refractivity contribution in [3.05, 3.63) is 70.3 Å². The lowest BCUT2D eigenvalue weighted by Gasteiger charge is -2.10. The molecule has 0 radical (unpaired) electrons. The Morgan fingerprint density at radius 1 is 1.22 bits per heavy atom. The zero-order valence-electron chi connectivity index (χ0n) is 12.8. The molecule has 1 amide bonds. The summed E-state index contributed by atoms with van der Waals surface area (Å²) in [5.41, 5.74) is 2.72. The van der Waals surface area contributed by atoms with E-state index in [0.29, 0.717) is 23.1 Å². The third kappa shape index (κ3) is 3.29. The van der Waals surface area contributed by atoms with Crippen LogP contribution < -0.4 is 5.32 Å². The van der Waals surface area contributed by atoms with Gasteiger partial charge < -0.3 is 9.73 Å². The predicted molar refractivity (Wildman–Crippen MR) is 88.9 cm³/mol. The van der Waals surface area contributed by atoms with Gasteiger partial charge in [0.15, 0.2) is 5.76 Å². The quantitative estimate of drug-likeness (QED) is 0.785. The zero-order chi connectivity index (χ0) is 16.4.